The highest BCUT2D eigenvalue weighted by Crippen LogP contribution is 2.18. The van der Waals surface area contributed by atoms with Gasteiger partial charge in [-0.05, 0) is 18.8 Å². The monoisotopic (exact) mass is 230 g/mol. The maximum absolute atomic E-state index is 11.4. The van der Waals surface area contributed by atoms with Crippen LogP contribution in [0.2, 0.25) is 0 Å². The van der Waals surface area contributed by atoms with E-state index in [0.29, 0.717) is 6.42 Å². The molecule has 0 saturated heterocycles. The summed E-state index contributed by atoms with van der Waals surface area (Å²) >= 11 is 0. The maximum atomic E-state index is 11.4. The molecule has 0 aromatic heterocycles. The number of carbonyl (C=O) groups is 1. The number of nitrogens with one attached hydrogen (secondary N) is 1. The topological polar surface area (TPSA) is 52.6 Å². The molecule has 0 heterocycles. The van der Waals surface area contributed by atoms with E-state index in [1.54, 1.807) is 19.0 Å². The molecule has 0 spiro atoms. The van der Waals surface area contributed by atoms with Crippen LogP contribution in [0.5, 0.6) is 0 Å². The zero-order valence-corrected chi connectivity index (χ0v) is 11.2. The van der Waals surface area contributed by atoms with Crippen molar-refractivity contribution in [1.29, 1.82) is 0 Å². The van der Waals surface area contributed by atoms with Crippen LogP contribution in [0.1, 0.15) is 33.6 Å². The van der Waals surface area contributed by atoms with Gasteiger partial charge in [-0.1, -0.05) is 13.8 Å². The fourth-order valence-corrected chi connectivity index (χ4v) is 1.36. The Kier molecular flexibility index (Phi) is 6.60. The van der Waals surface area contributed by atoms with Crippen molar-refractivity contribution < 1.29 is 9.90 Å². The predicted octanol–water partition coefficient (Wildman–Crippen LogP) is 0.851. The average molecular weight is 230 g/mol. The van der Waals surface area contributed by atoms with Crippen molar-refractivity contribution >= 4 is 5.91 Å². The Morgan fingerprint density at radius 2 is 2.00 bits per heavy atom. The van der Waals surface area contributed by atoms with E-state index in [0.717, 1.165) is 13.0 Å². The van der Waals surface area contributed by atoms with Crippen LogP contribution in [-0.4, -0.2) is 49.2 Å². The average Bonchev–Trinajstić information content (AvgIpc) is 2.14. The molecule has 0 aliphatic heterocycles. The van der Waals surface area contributed by atoms with Gasteiger partial charge in [0.2, 0.25) is 5.91 Å². The van der Waals surface area contributed by atoms with Gasteiger partial charge in [0.25, 0.3) is 0 Å². The second-order valence-corrected chi connectivity index (χ2v) is 5.41. The first-order valence-electron chi connectivity index (χ1n) is 5.83. The van der Waals surface area contributed by atoms with Crippen LogP contribution in [0.4, 0.5) is 0 Å². The molecule has 96 valence electrons. The van der Waals surface area contributed by atoms with E-state index in [-0.39, 0.29) is 24.0 Å². The van der Waals surface area contributed by atoms with Gasteiger partial charge in [-0.3, -0.25) is 4.79 Å². The fraction of sp³-hybridized carbons (Fsp3) is 0.917. The second-order valence-electron chi connectivity index (χ2n) is 5.41. The van der Waals surface area contributed by atoms with Crippen LogP contribution in [0.15, 0.2) is 0 Å². The van der Waals surface area contributed by atoms with E-state index in [1.807, 2.05) is 6.92 Å². The lowest BCUT2D eigenvalue weighted by molar-refractivity contribution is -0.129. The molecule has 0 saturated carbocycles. The number of carbonyl (C=O) groups excluding carboxylic acids is 1. The molecule has 0 fully saturated rings. The number of nitrogens with zero attached hydrogens (tertiary/aromatic N) is 1. The Bertz CT molecular complexity index is 215. The van der Waals surface area contributed by atoms with E-state index < -0.39 is 0 Å². The van der Waals surface area contributed by atoms with Crippen LogP contribution >= 0.6 is 0 Å². The third kappa shape index (κ3) is 6.80. The van der Waals surface area contributed by atoms with Crippen LogP contribution in [0.25, 0.3) is 0 Å². The maximum Gasteiger partial charge on any atom is 0.223 e. The minimum absolute atomic E-state index is 0.0736. The molecule has 0 rings (SSSR count). The number of aliphatic hydroxyl groups is 1. The standard InChI is InChI=1S/C12H26N2O2/c1-10(8-11(16)14(4)5)13-9-12(2,3)6-7-15/h10,13,15H,6-9H2,1-5H3. The highest BCUT2D eigenvalue weighted by Gasteiger charge is 2.18. The number of rotatable bonds is 7. The van der Waals surface area contributed by atoms with Crippen molar-refractivity contribution in [3.63, 3.8) is 0 Å². The van der Waals surface area contributed by atoms with Crippen LogP contribution in [0.3, 0.4) is 0 Å². The molecular weight excluding hydrogens is 204 g/mol. The highest BCUT2D eigenvalue weighted by molar-refractivity contribution is 5.76. The summed E-state index contributed by atoms with van der Waals surface area (Å²) in [6.45, 7) is 7.25. The van der Waals surface area contributed by atoms with Crippen molar-refractivity contribution in [2.45, 2.75) is 39.7 Å². The number of hydrogen-bond donors (Lipinski definition) is 2. The Balaban J connectivity index is 3.89. The Hall–Kier alpha value is -0.610. The first-order chi connectivity index (χ1) is 7.28. The lowest BCUT2D eigenvalue weighted by atomic mass is 9.89. The van der Waals surface area contributed by atoms with Crippen LogP contribution < -0.4 is 5.32 Å². The third-order valence-electron chi connectivity index (χ3n) is 2.70. The van der Waals surface area contributed by atoms with Gasteiger partial charge in [-0.25, -0.2) is 0 Å². The van der Waals surface area contributed by atoms with Gasteiger partial charge in [-0.15, -0.1) is 0 Å². The quantitative estimate of drug-likeness (QED) is 0.682. The van der Waals surface area contributed by atoms with Gasteiger partial charge in [0.15, 0.2) is 0 Å². The first kappa shape index (κ1) is 15.4. The van der Waals surface area contributed by atoms with Crippen LogP contribution in [0, 0.1) is 5.41 Å². The van der Waals surface area contributed by atoms with Gasteiger partial charge in [0, 0.05) is 39.7 Å². The van der Waals surface area contributed by atoms with E-state index in [2.05, 4.69) is 19.2 Å². The molecule has 1 unspecified atom stereocenters. The van der Waals surface area contributed by atoms with Gasteiger partial charge in [0.1, 0.15) is 0 Å². The Morgan fingerprint density at radius 3 is 2.44 bits per heavy atom. The van der Waals surface area contributed by atoms with Gasteiger partial charge in [0.05, 0.1) is 0 Å². The summed E-state index contributed by atoms with van der Waals surface area (Å²) in [6, 6.07) is 0.174. The molecule has 4 nitrogen and oxygen atoms in total. The number of aliphatic hydroxyl groups excluding tert-OH is 1. The summed E-state index contributed by atoms with van der Waals surface area (Å²) in [7, 11) is 3.54. The largest absolute Gasteiger partial charge is 0.396 e. The smallest absolute Gasteiger partial charge is 0.223 e. The third-order valence-corrected chi connectivity index (χ3v) is 2.70. The summed E-state index contributed by atoms with van der Waals surface area (Å²) < 4.78 is 0. The molecule has 16 heavy (non-hydrogen) atoms. The normalized spacial score (nSPS) is 13.6. The lowest BCUT2D eigenvalue weighted by Crippen LogP contribution is -2.38. The Labute approximate surface area is 99.0 Å². The summed E-state index contributed by atoms with van der Waals surface area (Å²) in [5, 5.41) is 12.2. The molecule has 1 amide bonds. The number of amides is 1. The molecule has 0 aromatic rings. The lowest BCUT2D eigenvalue weighted by Gasteiger charge is -2.26. The molecule has 0 bridgehead atoms. The van der Waals surface area contributed by atoms with E-state index in [4.69, 9.17) is 5.11 Å². The van der Waals surface area contributed by atoms with Crippen molar-refractivity contribution in [2.75, 3.05) is 27.2 Å². The molecule has 1 atom stereocenters. The molecule has 2 N–H and O–H groups in total. The van der Waals surface area contributed by atoms with Crippen molar-refractivity contribution in [3.05, 3.63) is 0 Å². The summed E-state index contributed by atoms with van der Waals surface area (Å²) in [5.74, 6) is 0.139. The van der Waals surface area contributed by atoms with Crippen LogP contribution in [-0.2, 0) is 4.79 Å². The van der Waals surface area contributed by atoms with E-state index in [1.165, 1.54) is 0 Å². The zero-order chi connectivity index (χ0) is 12.8. The minimum Gasteiger partial charge on any atom is -0.396 e. The summed E-state index contributed by atoms with van der Waals surface area (Å²) in [5.41, 5.74) is 0.0736. The highest BCUT2D eigenvalue weighted by atomic mass is 16.3. The second kappa shape index (κ2) is 6.86. The van der Waals surface area contributed by atoms with Crippen molar-refractivity contribution in [2.24, 2.45) is 5.41 Å². The Morgan fingerprint density at radius 1 is 1.44 bits per heavy atom. The molecule has 0 aliphatic carbocycles. The first-order valence-corrected chi connectivity index (χ1v) is 5.83. The molecule has 4 heteroatoms. The van der Waals surface area contributed by atoms with E-state index >= 15 is 0 Å². The van der Waals surface area contributed by atoms with E-state index in [9.17, 15) is 4.79 Å². The number of hydrogen-bond acceptors (Lipinski definition) is 3. The summed E-state index contributed by atoms with van der Waals surface area (Å²) in [6.07, 6.45) is 1.29. The molecular formula is C12H26N2O2. The van der Waals surface area contributed by atoms with Gasteiger partial charge >= 0.3 is 0 Å². The molecule has 0 aromatic carbocycles. The molecule has 0 radical (unpaired) electrons. The van der Waals surface area contributed by atoms with Crippen molar-refractivity contribution in [1.82, 2.24) is 10.2 Å². The van der Waals surface area contributed by atoms with Crippen molar-refractivity contribution in [3.8, 4) is 0 Å². The predicted molar refractivity (Wildman–Crippen MR) is 66.3 cm³/mol. The summed E-state index contributed by atoms with van der Waals surface area (Å²) in [4.78, 5) is 13.1. The van der Waals surface area contributed by atoms with Gasteiger partial charge in [-0.2, -0.15) is 0 Å². The van der Waals surface area contributed by atoms with Gasteiger partial charge < -0.3 is 15.3 Å². The fourth-order valence-electron chi connectivity index (χ4n) is 1.36. The zero-order valence-electron chi connectivity index (χ0n) is 11.2. The minimum atomic E-state index is 0.0736. The SMILES string of the molecule is CC(CC(=O)N(C)C)NCC(C)(C)CCO. The molecule has 0 aliphatic rings.